The topological polar surface area (TPSA) is 126 Å². The number of rotatable bonds is 5. The molecule has 1 aliphatic carbocycles. The Morgan fingerprint density at radius 3 is 2.82 bits per heavy atom. The largest absolute Gasteiger partial charge is 0.455 e. The minimum atomic E-state index is -0.650. The first kappa shape index (κ1) is 23.0. The molecule has 0 radical (unpaired) electrons. The molecule has 0 spiro atoms. The monoisotopic (exact) mass is 484 g/mol. The summed E-state index contributed by atoms with van der Waals surface area (Å²) >= 11 is 7.50. The van der Waals surface area contributed by atoms with E-state index in [2.05, 4.69) is 6.07 Å². The number of halogens is 1. The summed E-state index contributed by atoms with van der Waals surface area (Å²) in [5.41, 5.74) is 8.72. The molecule has 33 heavy (non-hydrogen) atoms. The Morgan fingerprint density at radius 1 is 1.39 bits per heavy atom. The number of hydrogen-bond donors (Lipinski definition) is 1. The number of allylic oxidation sites excluding steroid dienone is 3. The van der Waals surface area contributed by atoms with Gasteiger partial charge in [-0.2, -0.15) is 5.26 Å². The average Bonchev–Trinajstić information content (AvgIpc) is 3.13. The standard InChI is InChI=1S/C23H21ClN4O4S/c1-3-33-23-14(9-12(2)32-23)20-15(11-25)22(26)27(17-5-4-6-19(29)21(17)20)13-7-8-16(24)18(10-13)28(30)31/h7-10,20H,3-6,26H2,1-2H3. The smallest absolute Gasteiger partial charge is 0.289 e. The van der Waals surface area contributed by atoms with E-state index in [1.807, 2.05) is 19.9 Å². The Labute approximate surface area is 199 Å². The van der Waals surface area contributed by atoms with Crippen LogP contribution in [0.4, 0.5) is 11.4 Å². The quantitative estimate of drug-likeness (QED) is 0.331. The van der Waals surface area contributed by atoms with Gasteiger partial charge in [-0.05, 0) is 43.7 Å². The maximum Gasteiger partial charge on any atom is 0.289 e. The number of carbonyl (C=O) groups is 1. The Bertz CT molecular complexity index is 1270. The first-order valence-corrected chi connectivity index (χ1v) is 11.8. The van der Waals surface area contributed by atoms with Gasteiger partial charge in [-0.15, -0.1) is 0 Å². The molecule has 2 heterocycles. The molecule has 10 heteroatoms. The predicted molar refractivity (Wildman–Crippen MR) is 126 cm³/mol. The van der Waals surface area contributed by atoms with Crippen LogP contribution in [0.15, 0.2) is 56.4 Å². The van der Waals surface area contributed by atoms with Gasteiger partial charge in [0.1, 0.15) is 16.6 Å². The van der Waals surface area contributed by atoms with E-state index in [-0.39, 0.29) is 27.9 Å². The van der Waals surface area contributed by atoms with Crippen molar-refractivity contribution in [2.75, 3.05) is 10.7 Å². The molecule has 2 aliphatic rings. The number of benzene rings is 1. The van der Waals surface area contributed by atoms with E-state index >= 15 is 0 Å². The molecule has 2 N–H and O–H groups in total. The minimum Gasteiger partial charge on any atom is -0.455 e. The molecule has 0 bridgehead atoms. The second-order valence-electron chi connectivity index (χ2n) is 7.74. The zero-order valence-electron chi connectivity index (χ0n) is 18.1. The molecule has 170 valence electrons. The van der Waals surface area contributed by atoms with E-state index in [0.29, 0.717) is 47.1 Å². The third-order valence-electron chi connectivity index (χ3n) is 5.73. The second-order valence-corrected chi connectivity index (χ2v) is 9.39. The molecule has 1 atom stereocenters. The number of ketones is 1. The Balaban J connectivity index is 1.98. The van der Waals surface area contributed by atoms with E-state index < -0.39 is 10.8 Å². The van der Waals surface area contributed by atoms with E-state index in [1.165, 1.54) is 23.9 Å². The molecular weight excluding hydrogens is 464 g/mol. The van der Waals surface area contributed by atoms with E-state index in [9.17, 15) is 20.2 Å². The van der Waals surface area contributed by atoms with Gasteiger partial charge >= 0.3 is 0 Å². The van der Waals surface area contributed by atoms with Crippen molar-refractivity contribution in [3.8, 4) is 6.07 Å². The summed E-state index contributed by atoms with van der Waals surface area (Å²) in [5.74, 6) is 0.856. The maximum absolute atomic E-state index is 13.2. The van der Waals surface area contributed by atoms with Crippen molar-refractivity contribution in [3.63, 3.8) is 0 Å². The molecule has 0 saturated heterocycles. The van der Waals surface area contributed by atoms with Gasteiger partial charge in [0.25, 0.3) is 5.69 Å². The summed E-state index contributed by atoms with van der Waals surface area (Å²) < 4.78 is 5.87. The van der Waals surface area contributed by atoms with E-state index in [4.69, 9.17) is 21.8 Å². The summed E-state index contributed by atoms with van der Waals surface area (Å²) in [6, 6.07) is 8.38. The van der Waals surface area contributed by atoms with Crippen molar-refractivity contribution in [1.29, 1.82) is 5.26 Å². The van der Waals surface area contributed by atoms with Crippen LogP contribution in [0, 0.1) is 28.4 Å². The van der Waals surface area contributed by atoms with E-state index in [1.54, 1.807) is 11.0 Å². The lowest BCUT2D eigenvalue weighted by atomic mass is 9.76. The number of thioether (sulfide) groups is 1. The number of nitriles is 1. The lowest BCUT2D eigenvalue weighted by molar-refractivity contribution is -0.384. The molecule has 4 rings (SSSR count). The van der Waals surface area contributed by atoms with Crippen LogP contribution in [0.5, 0.6) is 0 Å². The van der Waals surface area contributed by atoms with Gasteiger partial charge in [0, 0.05) is 29.3 Å². The van der Waals surface area contributed by atoms with Crippen molar-refractivity contribution in [1.82, 2.24) is 0 Å². The number of nitrogens with two attached hydrogens (primary N) is 1. The van der Waals surface area contributed by atoms with Crippen molar-refractivity contribution >= 4 is 40.5 Å². The lowest BCUT2D eigenvalue weighted by Gasteiger charge is -2.39. The number of Topliss-reactive ketones (excluding diaryl/α,β-unsaturated/α-hetero) is 1. The number of nitro groups is 1. The minimum absolute atomic E-state index is 0.00859. The molecule has 2 aromatic rings. The highest BCUT2D eigenvalue weighted by atomic mass is 35.5. The first-order chi connectivity index (χ1) is 15.8. The van der Waals surface area contributed by atoms with Gasteiger partial charge < -0.3 is 10.2 Å². The van der Waals surface area contributed by atoms with Crippen LogP contribution in [0.1, 0.15) is 43.4 Å². The summed E-state index contributed by atoms with van der Waals surface area (Å²) in [6.45, 7) is 3.82. The van der Waals surface area contributed by atoms with Crippen LogP contribution in [-0.2, 0) is 4.79 Å². The fourth-order valence-corrected chi connectivity index (χ4v) is 5.41. The number of nitrogens with zero attached hydrogens (tertiary/aromatic N) is 3. The number of aryl methyl sites for hydroxylation is 1. The third kappa shape index (κ3) is 3.90. The fraction of sp³-hybridized carbons (Fsp3) is 0.304. The highest BCUT2D eigenvalue weighted by Crippen LogP contribution is 2.49. The van der Waals surface area contributed by atoms with Gasteiger partial charge in [-0.25, -0.2) is 0 Å². The normalized spacial score (nSPS) is 18.4. The summed E-state index contributed by atoms with van der Waals surface area (Å²) in [6.07, 6.45) is 1.52. The summed E-state index contributed by atoms with van der Waals surface area (Å²) in [5, 5.41) is 22.2. The van der Waals surface area contributed by atoms with Crippen molar-refractivity contribution in [2.24, 2.45) is 5.73 Å². The molecule has 0 fully saturated rings. The van der Waals surface area contributed by atoms with Gasteiger partial charge in [-0.1, -0.05) is 30.3 Å². The Hall–Kier alpha value is -3.22. The second kappa shape index (κ2) is 8.96. The molecule has 1 aromatic carbocycles. The Morgan fingerprint density at radius 2 is 2.15 bits per heavy atom. The van der Waals surface area contributed by atoms with Crippen LogP contribution in [0.2, 0.25) is 5.02 Å². The molecule has 1 aliphatic heterocycles. The van der Waals surface area contributed by atoms with Crippen molar-refractivity contribution in [3.05, 3.63) is 73.4 Å². The number of carbonyl (C=O) groups excluding carboxylic acids is 1. The summed E-state index contributed by atoms with van der Waals surface area (Å²) in [7, 11) is 0. The number of furan rings is 1. The molecule has 0 amide bonds. The molecule has 0 saturated carbocycles. The van der Waals surface area contributed by atoms with Crippen LogP contribution in [0.25, 0.3) is 0 Å². The highest BCUT2D eigenvalue weighted by molar-refractivity contribution is 7.99. The van der Waals surface area contributed by atoms with Crippen LogP contribution in [0.3, 0.4) is 0 Å². The summed E-state index contributed by atoms with van der Waals surface area (Å²) in [4.78, 5) is 25.7. The lowest BCUT2D eigenvalue weighted by Crippen LogP contribution is -2.38. The van der Waals surface area contributed by atoms with Gasteiger partial charge in [0.15, 0.2) is 10.9 Å². The molecular formula is C23H21ClN4O4S. The highest BCUT2D eigenvalue weighted by Gasteiger charge is 2.42. The van der Waals surface area contributed by atoms with Gasteiger partial charge in [-0.3, -0.25) is 19.8 Å². The van der Waals surface area contributed by atoms with Crippen LogP contribution in [-0.4, -0.2) is 16.5 Å². The van der Waals surface area contributed by atoms with Gasteiger partial charge in [0.2, 0.25) is 0 Å². The average molecular weight is 485 g/mol. The molecule has 1 aromatic heterocycles. The zero-order valence-corrected chi connectivity index (χ0v) is 19.6. The van der Waals surface area contributed by atoms with Crippen molar-refractivity contribution < 1.29 is 14.1 Å². The number of anilines is 1. The predicted octanol–water partition coefficient (Wildman–Crippen LogP) is 5.57. The molecule has 1 unspecified atom stereocenters. The van der Waals surface area contributed by atoms with Gasteiger partial charge in [0.05, 0.1) is 28.2 Å². The zero-order chi connectivity index (χ0) is 23.9. The van der Waals surface area contributed by atoms with Crippen molar-refractivity contribution in [2.45, 2.75) is 44.1 Å². The van der Waals surface area contributed by atoms with Crippen LogP contribution >= 0.6 is 23.4 Å². The third-order valence-corrected chi connectivity index (χ3v) is 6.92. The number of hydrogen-bond acceptors (Lipinski definition) is 8. The SMILES string of the molecule is CCSc1oc(C)cc1C1C(C#N)=C(N)N(c2ccc(Cl)c([N+](=O)[O-])c2)C2=C1C(=O)CCC2. The first-order valence-electron chi connectivity index (χ1n) is 10.4. The number of nitro benzene ring substituents is 1. The fourth-order valence-electron chi connectivity index (χ4n) is 4.43. The maximum atomic E-state index is 13.2. The Kier molecular flexibility index (Phi) is 6.23. The van der Waals surface area contributed by atoms with Crippen LogP contribution < -0.4 is 10.6 Å². The molecule has 8 nitrogen and oxygen atoms in total. The van der Waals surface area contributed by atoms with E-state index in [0.717, 1.165) is 11.3 Å².